The van der Waals surface area contributed by atoms with Gasteiger partial charge in [0.25, 0.3) is 5.69 Å². The lowest BCUT2D eigenvalue weighted by Crippen LogP contribution is -2.37. The molecule has 1 N–H and O–H groups in total. The van der Waals surface area contributed by atoms with Crippen LogP contribution >= 0.6 is 0 Å². The number of likely N-dealkylation sites (tertiary alicyclic amines) is 1. The van der Waals surface area contributed by atoms with E-state index in [9.17, 15) is 14.9 Å². The van der Waals surface area contributed by atoms with Crippen molar-refractivity contribution in [2.45, 2.75) is 25.5 Å². The molecule has 0 spiro atoms. The van der Waals surface area contributed by atoms with Crippen molar-refractivity contribution in [1.29, 1.82) is 0 Å². The monoisotopic (exact) mass is 294 g/mol. The third-order valence-electron chi connectivity index (χ3n) is 3.53. The van der Waals surface area contributed by atoms with Crippen molar-refractivity contribution in [3.05, 3.63) is 39.9 Å². The fraction of sp³-hybridized carbons (Fsp3) is 0.500. The number of carboxylic acid groups (broad SMARTS) is 1. The molecule has 114 valence electrons. The summed E-state index contributed by atoms with van der Waals surface area (Å²) in [7, 11) is 0. The summed E-state index contributed by atoms with van der Waals surface area (Å²) in [6, 6.07) is 6.56. The van der Waals surface area contributed by atoms with Crippen LogP contribution in [0.5, 0.6) is 0 Å². The zero-order valence-corrected chi connectivity index (χ0v) is 11.6. The lowest BCUT2D eigenvalue weighted by molar-refractivity contribution is -0.384. The van der Waals surface area contributed by atoms with Crippen LogP contribution in [0, 0.1) is 10.1 Å². The largest absolute Gasteiger partial charge is 0.480 e. The van der Waals surface area contributed by atoms with Gasteiger partial charge in [0.15, 0.2) is 0 Å². The second kappa shape index (κ2) is 7.14. The van der Waals surface area contributed by atoms with Crippen molar-refractivity contribution >= 4 is 11.7 Å². The van der Waals surface area contributed by atoms with Crippen molar-refractivity contribution in [1.82, 2.24) is 4.90 Å². The number of non-ortho nitro benzene ring substituents is 1. The van der Waals surface area contributed by atoms with Gasteiger partial charge >= 0.3 is 5.97 Å². The van der Waals surface area contributed by atoms with Gasteiger partial charge in [-0.1, -0.05) is 12.1 Å². The minimum Gasteiger partial charge on any atom is -0.480 e. The molecule has 1 fully saturated rings. The Hall–Kier alpha value is -1.99. The second-order valence-corrected chi connectivity index (χ2v) is 5.10. The van der Waals surface area contributed by atoms with Crippen molar-refractivity contribution in [3.8, 4) is 0 Å². The van der Waals surface area contributed by atoms with Crippen LogP contribution in [0.1, 0.15) is 18.4 Å². The van der Waals surface area contributed by atoms with E-state index in [1.807, 2.05) is 0 Å². The van der Waals surface area contributed by atoms with E-state index in [-0.39, 0.29) is 18.4 Å². The molecule has 1 aliphatic rings. The number of nitrogens with zero attached hydrogens (tertiary/aromatic N) is 2. The molecule has 0 radical (unpaired) electrons. The maximum absolute atomic E-state index is 10.6. The van der Waals surface area contributed by atoms with Gasteiger partial charge in [-0.3, -0.25) is 15.0 Å². The Morgan fingerprint density at radius 3 is 2.48 bits per heavy atom. The molecule has 0 bridgehead atoms. The Morgan fingerprint density at radius 2 is 1.95 bits per heavy atom. The lowest BCUT2D eigenvalue weighted by Gasteiger charge is -2.31. The maximum atomic E-state index is 10.6. The van der Waals surface area contributed by atoms with E-state index in [1.54, 1.807) is 12.1 Å². The van der Waals surface area contributed by atoms with Crippen LogP contribution in [0.4, 0.5) is 5.69 Å². The summed E-state index contributed by atoms with van der Waals surface area (Å²) in [5.74, 6) is -0.941. The summed E-state index contributed by atoms with van der Waals surface area (Å²) in [6.45, 7) is 2.17. The Kier molecular flexibility index (Phi) is 5.24. The molecule has 7 nitrogen and oxygen atoms in total. The number of hydrogen-bond acceptors (Lipinski definition) is 5. The van der Waals surface area contributed by atoms with E-state index in [0.717, 1.165) is 38.0 Å². The van der Waals surface area contributed by atoms with Crippen molar-refractivity contribution < 1.29 is 19.6 Å². The Morgan fingerprint density at radius 1 is 1.33 bits per heavy atom. The number of carbonyl (C=O) groups is 1. The molecule has 0 amide bonds. The summed E-state index contributed by atoms with van der Waals surface area (Å²) < 4.78 is 5.28. The van der Waals surface area contributed by atoms with E-state index < -0.39 is 10.9 Å². The van der Waals surface area contributed by atoms with Gasteiger partial charge in [0, 0.05) is 31.8 Å². The minimum absolute atomic E-state index is 0.00853. The Balaban J connectivity index is 1.78. The smallest absolute Gasteiger partial charge is 0.329 e. The number of benzene rings is 1. The molecule has 1 saturated heterocycles. The van der Waals surface area contributed by atoms with Crippen LogP contribution < -0.4 is 0 Å². The standard InChI is InChI=1S/C14H18N2O5/c17-14(18)10-21-13-5-7-15(8-6-13)9-11-1-3-12(4-2-11)16(19)20/h1-4,13H,5-10H2,(H,17,18). The van der Waals surface area contributed by atoms with Crippen molar-refractivity contribution in [2.24, 2.45) is 0 Å². The fourth-order valence-corrected chi connectivity index (χ4v) is 2.40. The number of aliphatic carboxylic acids is 1. The predicted molar refractivity (Wildman–Crippen MR) is 75.0 cm³/mol. The van der Waals surface area contributed by atoms with Gasteiger partial charge < -0.3 is 9.84 Å². The van der Waals surface area contributed by atoms with E-state index in [2.05, 4.69) is 4.90 Å². The quantitative estimate of drug-likeness (QED) is 0.633. The van der Waals surface area contributed by atoms with E-state index >= 15 is 0 Å². The molecular weight excluding hydrogens is 276 g/mol. The molecule has 0 aliphatic carbocycles. The van der Waals surface area contributed by atoms with Crippen LogP contribution in [0.15, 0.2) is 24.3 Å². The first-order valence-electron chi connectivity index (χ1n) is 6.83. The number of piperidine rings is 1. The van der Waals surface area contributed by atoms with Gasteiger partial charge in [0.05, 0.1) is 11.0 Å². The van der Waals surface area contributed by atoms with Crippen molar-refractivity contribution in [3.63, 3.8) is 0 Å². The zero-order valence-electron chi connectivity index (χ0n) is 11.6. The molecule has 1 aromatic rings. The molecule has 2 rings (SSSR count). The first kappa shape index (κ1) is 15.4. The molecule has 0 unspecified atom stereocenters. The van der Waals surface area contributed by atoms with Gasteiger partial charge in [0.1, 0.15) is 6.61 Å². The molecule has 0 atom stereocenters. The average Bonchev–Trinajstić information content (AvgIpc) is 2.47. The fourth-order valence-electron chi connectivity index (χ4n) is 2.40. The topological polar surface area (TPSA) is 92.9 Å². The Labute approximate surface area is 122 Å². The van der Waals surface area contributed by atoms with Gasteiger partial charge in [-0.25, -0.2) is 4.79 Å². The summed E-state index contributed by atoms with van der Waals surface area (Å²) in [6.07, 6.45) is 1.62. The summed E-state index contributed by atoms with van der Waals surface area (Å²) in [5, 5.41) is 19.2. The number of hydrogen-bond donors (Lipinski definition) is 1. The third-order valence-corrected chi connectivity index (χ3v) is 3.53. The molecule has 0 aromatic heterocycles. The highest BCUT2D eigenvalue weighted by Crippen LogP contribution is 2.18. The van der Waals surface area contributed by atoms with Crippen LogP contribution in [0.3, 0.4) is 0 Å². The normalized spacial score (nSPS) is 16.8. The first-order chi connectivity index (χ1) is 10.0. The Bertz CT molecular complexity index is 495. The zero-order chi connectivity index (χ0) is 15.2. The van der Waals surface area contributed by atoms with E-state index in [1.165, 1.54) is 12.1 Å². The average molecular weight is 294 g/mol. The van der Waals surface area contributed by atoms with Crippen molar-refractivity contribution in [2.75, 3.05) is 19.7 Å². The molecule has 1 heterocycles. The number of nitro benzene ring substituents is 1. The number of rotatable bonds is 6. The summed E-state index contributed by atoms with van der Waals surface area (Å²) in [5.41, 5.74) is 1.13. The van der Waals surface area contributed by atoms with Gasteiger partial charge in [0.2, 0.25) is 0 Å². The van der Waals surface area contributed by atoms with Crippen LogP contribution in [0.2, 0.25) is 0 Å². The van der Waals surface area contributed by atoms with Gasteiger partial charge in [-0.15, -0.1) is 0 Å². The van der Waals surface area contributed by atoms with Gasteiger partial charge in [-0.2, -0.15) is 0 Å². The highest BCUT2D eigenvalue weighted by Gasteiger charge is 2.20. The van der Waals surface area contributed by atoms with Crippen LogP contribution in [-0.2, 0) is 16.1 Å². The SMILES string of the molecule is O=C(O)COC1CCN(Cc2ccc([N+](=O)[O-])cc2)CC1. The van der Waals surface area contributed by atoms with Gasteiger partial charge in [-0.05, 0) is 18.4 Å². The molecule has 1 aromatic carbocycles. The lowest BCUT2D eigenvalue weighted by atomic mass is 10.1. The number of nitro groups is 1. The molecular formula is C14H18N2O5. The second-order valence-electron chi connectivity index (χ2n) is 5.10. The molecule has 21 heavy (non-hydrogen) atoms. The maximum Gasteiger partial charge on any atom is 0.329 e. The van der Waals surface area contributed by atoms with Crippen LogP contribution in [0.25, 0.3) is 0 Å². The molecule has 0 saturated carbocycles. The molecule has 7 heteroatoms. The highest BCUT2D eigenvalue weighted by atomic mass is 16.6. The highest BCUT2D eigenvalue weighted by molar-refractivity contribution is 5.68. The first-order valence-corrected chi connectivity index (χ1v) is 6.83. The minimum atomic E-state index is -0.941. The molecule has 1 aliphatic heterocycles. The summed E-state index contributed by atoms with van der Waals surface area (Å²) >= 11 is 0. The third kappa shape index (κ3) is 4.80. The van der Waals surface area contributed by atoms with Crippen LogP contribution in [-0.4, -0.2) is 46.7 Å². The van der Waals surface area contributed by atoms with E-state index in [4.69, 9.17) is 9.84 Å². The summed E-state index contributed by atoms with van der Waals surface area (Å²) in [4.78, 5) is 22.9. The predicted octanol–water partition coefficient (Wildman–Crippen LogP) is 1.66. The number of carboxylic acids is 1. The van der Waals surface area contributed by atoms with E-state index in [0.29, 0.717) is 0 Å². The number of ether oxygens (including phenoxy) is 1.